The Morgan fingerprint density at radius 3 is 2.58 bits per heavy atom. The molecule has 2 N–H and O–H groups in total. The zero-order valence-corrected chi connectivity index (χ0v) is 15.7. The van der Waals surface area contributed by atoms with E-state index in [2.05, 4.69) is 15.7 Å². The first-order valence-electron chi connectivity index (χ1n) is 7.63. The van der Waals surface area contributed by atoms with Crippen LogP contribution in [0.1, 0.15) is 31.0 Å². The molecule has 5 nitrogen and oxygen atoms in total. The predicted molar refractivity (Wildman–Crippen MR) is 97.5 cm³/mol. The number of likely N-dealkylation sites (N-methyl/N-ethyl adjacent to an activating group) is 1. The van der Waals surface area contributed by atoms with Crippen molar-refractivity contribution >= 4 is 29.1 Å². The van der Waals surface area contributed by atoms with Crippen molar-refractivity contribution in [1.82, 2.24) is 20.4 Å². The van der Waals surface area contributed by atoms with Gasteiger partial charge in [0.2, 0.25) is 5.91 Å². The smallest absolute Gasteiger partial charge is 0.241 e. The van der Waals surface area contributed by atoms with Gasteiger partial charge in [-0.15, -0.1) is 0 Å². The molecule has 1 aromatic heterocycles. The molecule has 0 saturated carbocycles. The van der Waals surface area contributed by atoms with Gasteiger partial charge in [-0.3, -0.25) is 9.48 Å². The lowest BCUT2D eigenvalue weighted by Crippen LogP contribution is -2.42. The minimum atomic E-state index is -0.441. The summed E-state index contributed by atoms with van der Waals surface area (Å²) in [7, 11) is 3.57. The Hall–Kier alpha value is -1.56. The largest absolute Gasteiger partial charge is 0.354 e. The highest BCUT2D eigenvalue weighted by Gasteiger charge is 2.25. The third kappa shape index (κ3) is 4.29. The molecule has 0 aliphatic heterocycles. The van der Waals surface area contributed by atoms with Gasteiger partial charge in [-0.25, -0.2) is 0 Å². The van der Waals surface area contributed by atoms with Gasteiger partial charge < -0.3 is 10.6 Å². The standard InChI is InChI=1S/C17H22Cl2N4O/c1-17(2,12-5-6-13(18)14(19)7-12)10-21-16(24)15(20-3)11-8-22-23(4)9-11/h5-9,15,20H,10H2,1-4H3,(H,21,24). The van der Waals surface area contributed by atoms with Crippen molar-refractivity contribution in [3.05, 3.63) is 51.8 Å². The van der Waals surface area contributed by atoms with Crippen LogP contribution in [0.3, 0.4) is 0 Å². The maximum atomic E-state index is 12.5. The van der Waals surface area contributed by atoms with Crippen LogP contribution in [0.15, 0.2) is 30.6 Å². The van der Waals surface area contributed by atoms with Crippen molar-refractivity contribution in [2.24, 2.45) is 7.05 Å². The van der Waals surface area contributed by atoms with Crippen LogP contribution in [0, 0.1) is 0 Å². The van der Waals surface area contributed by atoms with E-state index in [0.29, 0.717) is 16.6 Å². The second-order valence-corrected chi connectivity index (χ2v) is 7.21. The van der Waals surface area contributed by atoms with E-state index in [1.165, 1.54) is 0 Å². The molecule has 2 aromatic rings. The number of aromatic nitrogens is 2. The van der Waals surface area contributed by atoms with Gasteiger partial charge in [-0.2, -0.15) is 5.10 Å². The minimum Gasteiger partial charge on any atom is -0.354 e. The van der Waals surface area contributed by atoms with Crippen molar-refractivity contribution in [2.45, 2.75) is 25.3 Å². The number of carbonyl (C=O) groups is 1. The minimum absolute atomic E-state index is 0.0985. The van der Waals surface area contributed by atoms with Gasteiger partial charge in [0.15, 0.2) is 0 Å². The number of benzene rings is 1. The average molecular weight is 369 g/mol. The van der Waals surface area contributed by atoms with E-state index in [1.807, 2.05) is 39.2 Å². The summed E-state index contributed by atoms with van der Waals surface area (Å²) in [6.45, 7) is 4.57. The zero-order chi connectivity index (χ0) is 17.9. The molecule has 0 saturated heterocycles. The Bertz CT molecular complexity index is 727. The van der Waals surface area contributed by atoms with Crippen molar-refractivity contribution in [3.63, 3.8) is 0 Å². The molecule has 0 aliphatic carbocycles. The molecular weight excluding hydrogens is 347 g/mol. The fourth-order valence-corrected chi connectivity index (χ4v) is 2.77. The third-order valence-corrected chi connectivity index (χ3v) is 4.75. The molecule has 0 radical (unpaired) electrons. The molecule has 130 valence electrons. The van der Waals surface area contributed by atoms with Crippen LogP contribution in [0.5, 0.6) is 0 Å². The van der Waals surface area contributed by atoms with Gasteiger partial charge in [0.25, 0.3) is 0 Å². The van der Waals surface area contributed by atoms with E-state index in [-0.39, 0.29) is 11.3 Å². The van der Waals surface area contributed by atoms with Crippen molar-refractivity contribution in [3.8, 4) is 0 Å². The summed E-state index contributed by atoms with van der Waals surface area (Å²) in [5, 5.41) is 11.2. The highest BCUT2D eigenvalue weighted by Crippen LogP contribution is 2.29. The quantitative estimate of drug-likeness (QED) is 0.823. The Kier molecular flexibility index (Phi) is 5.91. The number of nitrogens with zero attached hydrogens (tertiary/aromatic N) is 2. The van der Waals surface area contributed by atoms with Crippen LogP contribution in [0.2, 0.25) is 10.0 Å². The molecule has 1 aromatic carbocycles. The topological polar surface area (TPSA) is 59.0 Å². The normalized spacial score (nSPS) is 12.9. The molecular formula is C17H22Cl2N4O. The van der Waals surface area contributed by atoms with E-state index < -0.39 is 6.04 Å². The van der Waals surface area contributed by atoms with Crippen LogP contribution in [-0.4, -0.2) is 29.3 Å². The highest BCUT2D eigenvalue weighted by atomic mass is 35.5. The number of nitrogens with one attached hydrogen (secondary N) is 2. The fraction of sp³-hybridized carbons (Fsp3) is 0.412. The Labute approximate surface area is 152 Å². The molecule has 2 rings (SSSR count). The van der Waals surface area contributed by atoms with Gasteiger partial charge in [0.1, 0.15) is 6.04 Å². The van der Waals surface area contributed by atoms with Crippen LogP contribution in [-0.2, 0) is 17.3 Å². The summed E-state index contributed by atoms with van der Waals surface area (Å²) in [5.74, 6) is -0.0985. The number of aryl methyl sites for hydroxylation is 1. The molecule has 0 spiro atoms. The maximum absolute atomic E-state index is 12.5. The summed E-state index contributed by atoms with van der Waals surface area (Å²) in [5.41, 5.74) is 1.56. The number of rotatable bonds is 6. The van der Waals surface area contributed by atoms with Crippen LogP contribution in [0.25, 0.3) is 0 Å². The molecule has 1 atom stereocenters. The molecule has 7 heteroatoms. The van der Waals surface area contributed by atoms with Gasteiger partial charge >= 0.3 is 0 Å². The molecule has 0 bridgehead atoms. The van der Waals surface area contributed by atoms with E-state index in [9.17, 15) is 4.79 Å². The van der Waals surface area contributed by atoms with Crippen molar-refractivity contribution in [1.29, 1.82) is 0 Å². The summed E-state index contributed by atoms with van der Waals surface area (Å²) < 4.78 is 1.67. The Balaban J connectivity index is 2.07. The first kappa shape index (κ1) is 18.8. The second-order valence-electron chi connectivity index (χ2n) is 6.40. The molecule has 24 heavy (non-hydrogen) atoms. The monoisotopic (exact) mass is 368 g/mol. The first-order chi connectivity index (χ1) is 11.2. The third-order valence-electron chi connectivity index (χ3n) is 4.01. The number of amides is 1. The second kappa shape index (κ2) is 7.55. The number of hydrogen-bond donors (Lipinski definition) is 2. The van der Waals surface area contributed by atoms with Crippen molar-refractivity contribution < 1.29 is 4.79 Å². The van der Waals surface area contributed by atoms with E-state index >= 15 is 0 Å². The van der Waals surface area contributed by atoms with Crippen LogP contribution < -0.4 is 10.6 Å². The van der Waals surface area contributed by atoms with E-state index in [1.54, 1.807) is 24.0 Å². The molecule has 1 amide bonds. The predicted octanol–water partition coefficient (Wildman–Crippen LogP) is 3.08. The van der Waals surface area contributed by atoms with Crippen molar-refractivity contribution in [2.75, 3.05) is 13.6 Å². The molecule has 0 fully saturated rings. The summed E-state index contributed by atoms with van der Waals surface area (Å²) in [6, 6.07) is 5.10. The molecule has 1 unspecified atom stereocenters. The van der Waals surface area contributed by atoms with Gasteiger partial charge in [-0.1, -0.05) is 43.1 Å². The summed E-state index contributed by atoms with van der Waals surface area (Å²) in [6.07, 6.45) is 3.51. The average Bonchev–Trinajstić information content (AvgIpc) is 2.95. The number of halogens is 2. The highest BCUT2D eigenvalue weighted by molar-refractivity contribution is 6.42. The van der Waals surface area contributed by atoms with E-state index in [0.717, 1.165) is 11.1 Å². The lowest BCUT2D eigenvalue weighted by atomic mass is 9.84. The lowest BCUT2D eigenvalue weighted by molar-refractivity contribution is -0.123. The fourth-order valence-electron chi connectivity index (χ4n) is 2.47. The summed E-state index contributed by atoms with van der Waals surface area (Å²) >= 11 is 12.1. The van der Waals surface area contributed by atoms with Crippen LogP contribution >= 0.6 is 23.2 Å². The Morgan fingerprint density at radius 2 is 2.04 bits per heavy atom. The SMILES string of the molecule is CNC(C(=O)NCC(C)(C)c1ccc(Cl)c(Cl)c1)c1cnn(C)c1. The zero-order valence-electron chi connectivity index (χ0n) is 14.2. The first-order valence-corrected chi connectivity index (χ1v) is 8.39. The van der Waals surface area contributed by atoms with Gasteiger partial charge in [0, 0.05) is 30.8 Å². The summed E-state index contributed by atoms with van der Waals surface area (Å²) in [4.78, 5) is 12.5. The van der Waals surface area contributed by atoms with Crippen LogP contribution in [0.4, 0.5) is 0 Å². The van der Waals surface area contributed by atoms with Gasteiger partial charge in [0.05, 0.1) is 16.2 Å². The van der Waals surface area contributed by atoms with Gasteiger partial charge in [-0.05, 0) is 24.7 Å². The number of carbonyl (C=O) groups excluding carboxylic acids is 1. The van der Waals surface area contributed by atoms with E-state index in [4.69, 9.17) is 23.2 Å². The number of hydrogen-bond acceptors (Lipinski definition) is 3. The molecule has 1 heterocycles. The molecule has 0 aliphatic rings. The Morgan fingerprint density at radius 1 is 1.33 bits per heavy atom. The lowest BCUT2D eigenvalue weighted by Gasteiger charge is -2.27. The maximum Gasteiger partial charge on any atom is 0.241 e.